The predicted molar refractivity (Wildman–Crippen MR) is 153 cm³/mol. The molecule has 0 amide bonds. The zero-order valence-electron chi connectivity index (χ0n) is 24.6. The van der Waals surface area contributed by atoms with E-state index >= 15 is 0 Å². The van der Waals surface area contributed by atoms with Crippen LogP contribution in [0, 0.1) is 5.92 Å². The zero-order valence-corrected chi connectivity index (χ0v) is 25.4. The number of rotatable bonds is 10. The van der Waals surface area contributed by atoms with Crippen LogP contribution in [0.3, 0.4) is 0 Å². The first-order valence-electron chi connectivity index (χ1n) is 14.8. The molecular weight excluding hydrogens is 608 g/mol. The SMILES string of the molecule is CS(=O)(=O)C[C@H](N)[C@@H]1CC[C@@H](N)[C@@H](C2[C@@H](N)C[C@@H](N)[C@H](O)[C@H]2O[C@@H]2O[C@H](CO)[C@@H](O[C@H]3O[C@@H](CN)[C@@H](O)[C@H](O)[C@H]3N)[C@H]2O)O1. The lowest BCUT2D eigenvalue weighted by atomic mass is 9.72. The van der Waals surface area contributed by atoms with E-state index in [0.717, 1.165) is 6.26 Å². The highest BCUT2D eigenvalue weighted by Crippen LogP contribution is 2.38. The molecule has 17 N–H and O–H groups in total. The molecular formula is C25H50N6O12S. The van der Waals surface area contributed by atoms with Crippen molar-refractivity contribution in [2.75, 3.05) is 25.2 Å². The molecule has 1 unspecified atom stereocenters. The molecule has 1 aliphatic carbocycles. The summed E-state index contributed by atoms with van der Waals surface area (Å²) in [6.45, 7) is -0.780. The molecule has 0 radical (unpaired) electrons. The maximum absolute atomic E-state index is 11.9. The fourth-order valence-corrected chi connectivity index (χ4v) is 7.59. The van der Waals surface area contributed by atoms with Gasteiger partial charge in [-0.15, -0.1) is 0 Å². The highest BCUT2D eigenvalue weighted by Gasteiger charge is 2.55. The molecule has 19 heteroatoms. The maximum atomic E-state index is 11.9. The zero-order chi connectivity index (χ0) is 32.7. The Morgan fingerprint density at radius 1 is 0.818 bits per heavy atom. The third-order valence-electron chi connectivity index (χ3n) is 9.12. The minimum atomic E-state index is -3.39. The number of aliphatic hydroxyl groups is 5. The fourth-order valence-electron chi connectivity index (χ4n) is 6.68. The molecule has 4 fully saturated rings. The van der Waals surface area contributed by atoms with Crippen LogP contribution >= 0.6 is 0 Å². The quantitative estimate of drug-likeness (QED) is 0.104. The normalized spacial score (nSPS) is 49.6. The second-order valence-corrected chi connectivity index (χ2v) is 14.7. The summed E-state index contributed by atoms with van der Waals surface area (Å²) in [5, 5.41) is 52.9. The highest BCUT2D eigenvalue weighted by molar-refractivity contribution is 7.90. The van der Waals surface area contributed by atoms with Crippen molar-refractivity contribution in [3.8, 4) is 0 Å². The number of hydrogen-bond acceptors (Lipinski definition) is 18. The van der Waals surface area contributed by atoms with Crippen molar-refractivity contribution in [1.82, 2.24) is 0 Å². The smallest absolute Gasteiger partial charge is 0.187 e. The van der Waals surface area contributed by atoms with E-state index in [1.807, 2.05) is 0 Å². The van der Waals surface area contributed by atoms with Crippen molar-refractivity contribution >= 4 is 9.84 Å². The summed E-state index contributed by atoms with van der Waals surface area (Å²) in [5.41, 5.74) is 37.0. The Labute approximate surface area is 256 Å². The van der Waals surface area contributed by atoms with E-state index in [-0.39, 0.29) is 18.7 Å². The first-order valence-corrected chi connectivity index (χ1v) is 16.9. The van der Waals surface area contributed by atoms with Gasteiger partial charge >= 0.3 is 0 Å². The summed E-state index contributed by atoms with van der Waals surface area (Å²) in [6, 6.07) is -4.14. The van der Waals surface area contributed by atoms with Gasteiger partial charge in [0, 0.05) is 42.9 Å². The van der Waals surface area contributed by atoms with Crippen molar-refractivity contribution in [2.45, 2.75) is 123 Å². The molecule has 3 heterocycles. The number of ether oxygens (including phenoxy) is 5. The Kier molecular flexibility index (Phi) is 12.0. The van der Waals surface area contributed by atoms with Crippen LogP contribution in [0.5, 0.6) is 0 Å². The maximum Gasteiger partial charge on any atom is 0.187 e. The van der Waals surface area contributed by atoms with Gasteiger partial charge in [-0.3, -0.25) is 0 Å². The molecule has 18 nitrogen and oxygen atoms in total. The highest BCUT2D eigenvalue weighted by atomic mass is 32.2. The third-order valence-corrected chi connectivity index (χ3v) is 10.1. The van der Waals surface area contributed by atoms with Gasteiger partial charge in [-0.05, 0) is 19.3 Å². The van der Waals surface area contributed by atoms with E-state index in [0.29, 0.717) is 12.8 Å². The summed E-state index contributed by atoms with van der Waals surface area (Å²) in [4.78, 5) is 0. The summed E-state index contributed by atoms with van der Waals surface area (Å²) in [5.74, 6) is -1.08. The second-order valence-electron chi connectivity index (χ2n) is 12.5. The van der Waals surface area contributed by atoms with Gasteiger partial charge in [0.2, 0.25) is 0 Å². The van der Waals surface area contributed by atoms with Crippen molar-refractivity contribution in [1.29, 1.82) is 0 Å². The van der Waals surface area contributed by atoms with Gasteiger partial charge in [0.05, 0.1) is 42.8 Å². The number of aliphatic hydroxyl groups excluding tert-OH is 5. The van der Waals surface area contributed by atoms with Crippen LogP contribution < -0.4 is 34.4 Å². The van der Waals surface area contributed by atoms with E-state index in [1.165, 1.54) is 0 Å². The molecule has 258 valence electrons. The van der Waals surface area contributed by atoms with Gasteiger partial charge in [-0.25, -0.2) is 8.42 Å². The van der Waals surface area contributed by atoms with E-state index in [2.05, 4.69) is 0 Å². The van der Waals surface area contributed by atoms with Crippen LogP contribution in [0.2, 0.25) is 0 Å². The average molecular weight is 659 g/mol. The average Bonchev–Trinajstić information content (AvgIpc) is 3.25. The van der Waals surface area contributed by atoms with Crippen LogP contribution in [0.15, 0.2) is 0 Å². The minimum absolute atomic E-state index is 0.156. The van der Waals surface area contributed by atoms with E-state index in [1.54, 1.807) is 0 Å². The molecule has 4 aliphatic rings. The van der Waals surface area contributed by atoms with Gasteiger partial charge in [-0.2, -0.15) is 0 Å². The second kappa shape index (κ2) is 14.6. The standard InChI is InChI=1S/C25H50N6O12S/c1-44(37,38)7-11(30)12-3-2-8(27)21(39-12)15-9(28)4-10(29)17(33)23(15)43-25-20(36)22(14(6-32)41-25)42-24-16(31)19(35)18(34)13(5-26)40-24/h8-25,32-36H,2-7,26-31H2,1H3/t8-,9+,10-,11+,12+,13+,14-,15?,16-,17+,18-,19-,20-,21+,22-,23+,24-,25+/m1/s1. The topological polar surface area (TPSA) is 338 Å². The lowest BCUT2D eigenvalue weighted by molar-refractivity contribution is -0.280. The lowest BCUT2D eigenvalue weighted by Gasteiger charge is -2.50. The van der Waals surface area contributed by atoms with Crippen LogP contribution in [0.1, 0.15) is 19.3 Å². The molecule has 3 aliphatic heterocycles. The van der Waals surface area contributed by atoms with Gasteiger partial charge < -0.3 is 83.6 Å². The molecule has 44 heavy (non-hydrogen) atoms. The molecule has 3 saturated heterocycles. The van der Waals surface area contributed by atoms with Crippen LogP contribution in [-0.4, -0.2) is 163 Å². The Morgan fingerprint density at radius 3 is 2.07 bits per heavy atom. The van der Waals surface area contributed by atoms with E-state index in [4.69, 9.17) is 58.1 Å². The van der Waals surface area contributed by atoms with Crippen molar-refractivity contribution in [3.63, 3.8) is 0 Å². The Bertz CT molecular complexity index is 1050. The van der Waals surface area contributed by atoms with Gasteiger partial charge in [0.25, 0.3) is 0 Å². The van der Waals surface area contributed by atoms with Gasteiger partial charge in [0.15, 0.2) is 12.6 Å². The minimum Gasteiger partial charge on any atom is -0.394 e. The summed E-state index contributed by atoms with van der Waals surface area (Å²) < 4.78 is 53.4. The molecule has 1 saturated carbocycles. The summed E-state index contributed by atoms with van der Waals surface area (Å²) in [7, 11) is -3.39. The Hall–Kier alpha value is -0.690. The molecule has 18 atom stereocenters. The first-order chi connectivity index (χ1) is 20.6. The molecule has 0 aromatic rings. The van der Waals surface area contributed by atoms with Gasteiger partial charge in [-0.1, -0.05) is 0 Å². The number of sulfone groups is 1. The molecule has 0 bridgehead atoms. The van der Waals surface area contributed by atoms with Crippen LogP contribution in [-0.2, 0) is 33.5 Å². The number of nitrogens with two attached hydrogens (primary N) is 6. The summed E-state index contributed by atoms with van der Waals surface area (Å²) in [6.07, 6.45) is -12.5. The van der Waals surface area contributed by atoms with Crippen LogP contribution in [0.4, 0.5) is 0 Å². The monoisotopic (exact) mass is 658 g/mol. The van der Waals surface area contributed by atoms with Crippen molar-refractivity contribution in [3.05, 3.63) is 0 Å². The predicted octanol–water partition coefficient (Wildman–Crippen LogP) is -7.15. The molecule has 4 rings (SSSR count). The molecule has 0 spiro atoms. The number of hydrogen-bond donors (Lipinski definition) is 11. The van der Waals surface area contributed by atoms with Crippen molar-refractivity contribution < 1.29 is 57.6 Å². The molecule has 0 aromatic heterocycles. The largest absolute Gasteiger partial charge is 0.394 e. The van der Waals surface area contributed by atoms with Gasteiger partial charge in [0.1, 0.15) is 46.5 Å². The van der Waals surface area contributed by atoms with Crippen molar-refractivity contribution in [2.24, 2.45) is 40.3 Å². The summed E-state index contributed by atoms with van der Waals surface area (Å²) >= 11 is 0. The van der Waals surface area contributed by atoms with E-state index < -0.39 is 126 Å². The fraction of sp³-hybridized carbons (Fsp3) is 1.00. The van der Waals surface area contributed by atoms with E-state index in [9.17, 15) is 34.0 Å². The Morgan fingerprint density at radius 2 is 1.45 bits per heavy atom. The Balaban J connectivity index is 1.53. The first kappa shape index (κ1) is 36.2. The third kappa shape index (κ3) is 7.71. The lowest BCUT2D eigenvalue weighted by Crippen LogP contribution is -2.67. The molecule has 0 aromatic carbocycles. The van der Waals surface area contributed by atoms with Crippen LogP contribution in [0.25, 0.3) is 0 Å².